The average molecular weight is 322 g/mol. The van der Waals surface area contributed by atoms with Crippen LogP contribution in [0.4, 0.5) is 0 Å². The molecule has 1 heterocycles. The lowest BCUT2D eigenvalue weighted by Gasteiger charge is -2.14. The predicted molar refractivity (Wildman–Crippen MR) is 83.1 cm³/mol. The van der Waals surface area contributed by atoms with Gasteiger partial charge in [-0.25, -0.2) is 14.8 Å². The fourth-order valence-electron chi connectivity index (χ4n) is 2.77. The maximum absolute atomic E-state index is 12.4. The second kappa shape index (κ2) is 6.46. The molecule has 7 heteroatoms. The number of fused-ring (bicyclic) bond motifs is 1. The minimum Gasteiger partial charge on any atom is -0.464 e. The van der Waals surface area contributed by atoms with Gasteiger partial charge in [-0.1, -0.05) is 6.07 Å². The summed E-state index contributed by atoms with van der Waals surface area (Å²) >= 11 is 0. The zero-order valence-corrected chi connectivity index (χ0v) is 12.9. The quantitative estimate of drug-likeness (QED) is 0.860. The Morgan fingerprint density at radius 1 is 1.29 bits per heavy atom. The van der Waals surface area contributed by atoms with Crippen molar-refractivity contribution in [2.45, 2.75) is 18.9 Å². The highest BCUT2D eigenvalue weighted by Crippen LogP contribution is 2.31. The van der Waals surface area contributed by atoms with Crippen LogP contribution in [0.25, 0.3) is 0 Å². The number of rotatable bonds is 3. The van der Waals surface area contributed by atoms with Crippen LogP contribution < -0.4 is 5.32 Å². The topological polar surface area (TPSA) is 105 Å². The number of amides is 1. The molecule has 1 aliphatic carbocycles. The fourth-order valence-corrected chi connectivity index (χ4v) is 2.77. The van der Waals surface area contributed by atoms with E-state index in [9.17, 15) is 9.59 Å². The molecule has 0 unspecified atom stereocenters. The van der Waals surface area contributed by atoms with E-state index >= 15 is 0 Å². The molecule has 0 fully saturated rings. The van der Waals surface area contributed by atoms with Gasteiger partial charge in [0.2, 0.25) is 0 Å². The summed E-state index contributed by atoms with van der Waals surface area (Å²) in [6.45, 7) is 0. The number of aromatic nitrogens is 2. The molecule has 0 spiro atoms. The number of carbonyl (C=O) groups excluding carboxylic acids is 2. The first-order valence-electron chi connectivity index (χ1n) is 7.36. The van der Waals surface area contributed by atoms with Crippen LogP contribution in [0.1, 0.15) is 50.1 Å². The van der Waals surface area contributed by atoms with Gasteiger partial charge < -0.3 is 10.1 Å². The molecular formula is C17H14N4O3. The van der Waals surface area contributed by atoms with Gasteiger partial charge >= 0.3 is 5.97 Å². The number of nitriles is 1. The first kappa shape index (κ1) is 15.6. The standard InChI is InChI=1S/C17H14N4O3/c1-24-17(23)15-7-14(19-9-20-15)16(22)21-13-5-3-11-6-10(8-18)2-4-12(11)13/h2,4,6-7,9,13H,3,5H2,1H3,(H,21,22)/t13-/m1/s1. The molecule has 1 aromatic heterocycles. The van der Waals surface area contributed by atoms with Crippen molar-refractivity contribution in [3.05, 3.63) is 58.7 Å². The molecule has 120 valence electrons. The summed E-state index contributed by atoms with van der Waals surface area (Å²) in [4.78, 5) is 31.6. The van der Waals surface area contributed by atoms with Crippen LogP contribution >= 0.6 is 0 Å². The van der Waals surface area contributed by atoms with Gasteiger partial charge in [-0.2, -0.15) is 5.26 Å². The monoisotopic (exact) mass is 322 g/mol. The van der Waals surface area contributed by atoms with E-state index in [4.69, 9.17) is 5.26 Å². The Morgan fingerprint density at radius 2 is 2.08 bits per heavy atom. The highest BCUT2D eigenvalue weighted by molar-refractivity contribution is 5.95. The second-order valence-electron chi connectivity index (χ2n) is 5.37. The number of benzene rings is 1. The molecule has 24 heavy (non-hydrogen) atoms. The molecule has 0 bridgehead atoms. The Hall–Kier alpha value is -3.27. The lowest BCUT2D eigenvalue weighted by atomic mass is 10.1. The molecular weight excluding hydrogens is 308 g/mol. The molecule has 3 rings (SSSR count). The third-order valence-corrected chi connectivity index (χ3v) is 3.95. The molecule has 1 aliphatic rings. The number of hydrogen-bond acceptors (Lipinski definition) is 6. The maximum atomic E-state index is 12.4. The number of ether oxygens (including phenoxy) is 1. The van der Waals surface area contributed by atoms with Crippen LogP contribution in [0.15, 0.2) is 30.6 Å². The number of methoxy groups -OCH3 is 1. The molecule has 1 N–H and O–H groups in total. The first-order chi connectivity index (χ1) is 11.6. The van der Waals surface area contributed by atoms with Crippen molar-refractivity contribution >= 4 is 11.9 Å². The first-order valence-corrected chi connectivity index (χ1v) is 7.36. The van der Waals surface area contributed by atoms with Gasteiger partial charge in [-0.3, -0.25) is 4.79 Å². The molecule has 7 nitrogen and oxygen atoms in total. The Kier molecular flexibility index (Phi) is 4.20. The lowest BCUT2D eigenvalue weighted by Crippen LogP contribution is -2.28. The average Bonchev–Trinajstić information content (AvgIpc) is 3.03. The normalized spacial score (nSPS) is 15.2. The van der Waals surface area contributed by atoms with E-state index in [1.165, 1.54) is 13.2 Å². The Balaban J connectivity index is 1.78. The highest BCUT2D eigenvalue weighted by atomic mass is 16.5. The van der Waals surface area contributed by atoms with Crippen molar-refractivity contribution in [3.63, 3.8) is 0 Å². The summed E-state index contributed by atoms with van der Waals surface area (Å²) in [7, 11) is 1.25. The SMILES string of the molecule is COC(=O)c1cc(C(=O)N[C@@H]2CCc3cc(C#N)ccc32)ncn1. The number of carbonyl (C=O) groups is 2. The molecule has 1 aromatic carbocycles. The number of nitrogens with zero attached hydrogens (tertiary/aromatic N) is 3. The fraction of sp³-hybridized carbons (Fsp3) is 0.235. The van der Waals surface area contributed by atoms with Crippen molar-refractivity contribution in [2.24, 2.45) is 0 Å². The summed E-state index contributed by atoms with van der Waals surface area (Å²) in [5.74, 6) is -1.01. The molecule has 0 aliphatic heterocycles. The van der Waals surface area contributed by atoms with Crippen LogP contribution in [0.5, 0.6) is 0 Å². The van der Waals surface area contributed by atoms with Gasteiger partial charge in [0, 0.05) is 6.07 Å². The summed E-state index contributed by atoms with van der Waals surface area (Å²) in [6.07, 6.45) is 2.71. The Bertz CT molecular complexity index is 857. The van der Waals surface area contributed by atoms with Gasteiger partial charge in [-0.05, 0) is 36.1 Å². The number of nitrogens with one attached hydrogen (secondary N) is 1. The summed E-state index contributed by atoms with van der Waals surface area (Å²) in [6, 6.07) is 8.73. The molecule has 1 atom stereocenters. The molecule has 0 saturated carbocycles. The second-order valence-corrected chi connectivity index (χ2v) is 5.37. The summed E-state index contributed by atoms with van der Waals surface area (Å²) in [5.41, 5.74) is 2.82. The van der Waals surface area contributed by atoms with E-state index in [2.05, 4.69) is 26.1 Å². The zero-order valence-electron chi connectivity index (χ0n) is 12.9. The van der Waals surface area contributed by atoms with E-state index in [-0.39, 0.29) is 23.3 Å². The van der Waals surface area contributed by atoms with Crippen molar-refractivity contribution in [2.75, 3.05) is 7.11 Å². The van der Waals surface area contributed by atoms with Crippen LogP contribution in [0, 0.1) is 11.3 Å². The highest BCUT2D eigenvalue weighted by Gasteiger charge is 2.25. The summed E-state index contributed by atoms with van der Waals surface area (Å²) in [5, 5.41) is 11.9. The maximum Gasteiger partial charge on any atom is 0.356 e. The number of esters is 1. The van der Waals surface area contributed by atoms with Gasteiger partial charge in [-0.15, -0.1) is 0 Å². The van der Waals surface area contributed by atoms with E-state index in [1.54, 1.807) is 6.07 Å². The van der Waals surface area contributed by atoms with Crippen LogP contribution in [-0.2, 0) is 11.2 Å². The van der Waals surface area contributed by atoms with E-state index in [0.29, 0.717) is 5.56 Å². The minimum absolute atomic E-state index is 0.0307. The summed E-state index contributed by atoms with van der Waals surface area (Å²) < 4.78 is 4.59. The third-order valence-electron chi connectivity index (χ3n) is 3.95. The number of aryl methyl sites for hydroxylation is 1. The van der Waals surface area contributed by atoms with Crippen LogP contribution in [-0.4, -0.2) is 29.0 Å². The third kappa shape index (κ3) is 2.94. The van der Waals surface area contributed by atoms with Crippen molar-refractivity contribution in [3.8, 4) is 6.07 Å². The zero-order chi connectivity index (χ0) is 17.1. The van der Waals surface area contributed by atoms with E-state index in [1.807, 2.05) is 12.1 Å². The van der Waals surface area contributed by atoms with Gasteiger partial charge in [0.15, 0.2) is 5.69 Å². The van der Waals surface area contributed by atoms with E-state index in [0.717, 1.165) is 30.3 Å². The Morgan fingerprint density at radius 3 is 2.83 bits per heavy atom. The molecule has 2 aromatic rings. The van der Waals surface area contributed by atoms with Crippen molar-refractivity contribution < 1.29 is 14.3 Å². The lowest BCUT2D eigenvalue weighted by molar-refractivity contribution is 0.0593. The molecule has 1 amide bonds. The number of hydrogen-bond donors (Lipinski definition) is 1. The predicted octanol–water partition coefficient (Wildman–Crippen LogP) is 1.55. The molecule has 0 saturated heterocycles. The minimum atomic E-state index is -0.623. The van der Waals surface area contributed by atoms with Crippen LogP contribution in [0.2, 0.25) is 0 Å². The Labute approximate surface area is 138 Å². The van der Waals surface area contributed by atoms with Gasteiger partial charge in [0.25, 0.3) is 5.91 Å². The molecule has 0 radical (unpaired) electrons. The largest absolute Gasteiger partial charge is 0.464 e. The van der Waals surface area contributed by atoms with E-state index < -0.39 is 5.97 Å². The van der Waals surface area contributed by atoms with Gasteiger partial charge in [0.1, 0.15) is 12.0 Å². The van der Waals surface area contributed by atoms with Crippen molar-refractivity contribution in [1.82, 2.24) is 15.3 Å². The smallest absolute Gasteiger partial charge is 0.356 e. The van der Waals surface area contributed by atoms with Crippen molar-refractivity contribution in [1.29, 1.82) is 5.26 Å². The van der Waals surface area contributed by atoms with Crippen LogP contribution in [0.3, 0.4) is 0 Å². The van der Waals surface area contributed by atoms with Gasteiger partial charge in [0.05, 0.1) is 24.8 Å².